The van der Waals surface area contributed by atoms with Gasteiger partial charge in [-0.1, -0.05) is 39.5 Å². The van der Waals surface area contributed by atoms with Crippen molar-refractivity contribution in [1.82, 2.24) is 0 Å². The molecule has 0 radical (unpaired) electrons. The van der Waals surface area contributed by atoms with Crippen LogP contribution in [0.25, 0.3) is 0 Å². The molecule has 0 saturated heterocycles. The van der Waals surface area contributed by atoms with Gasteiger partial charge >= 0.3 is 0 Å². The van der Waals surface area contributed by atoms with E-state index in [2.05, 4.69) is 5.11 Å². The van der Waals surface area contributed by atoms with Crippen LogP contribution in [0.3, 0.4) is 0 Å². The van der Waals surface area contributed by atoms with Gasteiger partial charge in [0.1, 0.15) is 15.6 Å². The van der Waals surface area contributed by atoms with Gasteiger partial charge in [-0.15, -0.1) is 0 Å². The van der Waals surface area contributed by atoms with Gasteiger partial charge in [-0.05, 0) is 42.7 Å². The Morgan fingerprint density at radius 1 is 1.24 bits per heavy atom. The lowest BCUT2D eigenvalue weighted by atomic mass is 10.0. The van der Waals surface area contributed by atoms with Crippen molar-refractivity contribution in [3.8, 4) is 0 Å². The minimum atomic E-state index is -0.249. The molecule has 2 nitrogen and oxygen atoms in total. The molecule has 0 amide bonds. The zero-order valence-electron chi connectivity index (χ0n) is 9.35. The van der Waals surface area contributed by atoms with Gasteiger partial charge in [-0.2, -0.15) is 0 Å². The molecule has 2 rings (SSSR count). The number of halogens is 4. The second-order valence-corrected chi connectivity index (χ2v) is 6.37. The van der Waals surface area contributed by atoms with Crippen LogP contribution in [0.4, 0.5) is 5.69 Å². The van der Waals surface area contributed by atoms with Crippen molar-refractivity contribution < 1.29 is 4.70 Å². The minimum absolute atomic E-state index is 0.210. The third-order valence-electron chi connectivity index (χ3n) is 2.52. The van der Waals surface area contributed by atoms with Gasteiger partial charge in [0.25, 0.3) is 11.2 Å². The fraction of sp³-hybridized carbons (Fsp3) is 0.455. The van der Waals surface area contributed by atoms with E-state index in [9.17, 15) is 0 Å². The Bertz CT molecular complexity index is 473. The fourth-order valence-corrected chi connectivity index (χ4v) is 3.35. The second kappa shape index (κ2) is 4.58. The first-order valence-corrected chi connectivity index (χ1v) is 6.68. The highest BCUT2D eigenvalue weighted by Gasteiger charge is 2.42. The molecule has 6 heteroatoms. The molecule has 1 aromatic carbocycles. The van der Waals surface area contributed by atoms with E-state index in [0.717, 1.165) is 6.42 Å². The molecule has 0 bridgehead atoms. The van der Waals surface area contributed by atoms with Crippen molar-refractivity contribution in [3.05, 3.63) is 27.2 Å². The zero-order valence-corrected chi connectivity index (χ0v) is 12.4. The molecule has 1 aliphatic rings. The van der Waals surface area contributed by atoms with Gasteiger partial charge in [0, 0.05) is 5.02 Å². The summed E-state index contributed by atoms with van der Waals surface area (Å²) < 4.78 is 1.67. The smallest absolute Gasteiger partial charge is 0.0842 e. The van der Waals surface area contributed by atoms with Crippen molar-refractivity contribution in [2.24, 2.45) is 5.11 Å². The predicted molar refractivity (Wildman–Crippen MR) is 72.2 cm³/mol. The highest BCUT2D eigenvalue weighted by Crippen LogP contribution is 2.41. The van der Waals surface area contributed by atoms with Crippen LogP contribution in [0, 0.1) is 0 Å². The summed E-state index contributed by atoms with van der Waals surface area (Å²) >= 11 is 24.4. The van der Waals surface area contributed by atoms with E-state index in [-0.39, 0.29) is 11.0 Å². The van der Waals surface area contributed by atoms with Gasteiger partial charge in [-0.3, -0.25) is 0 Å². The molecule has 92 valence electrons. The lowest BCUT2D eigenvalue weighted by molar-refractivity contribution is -0.516. The van der Waals surface area contributed by atoms with Crippen LogP contribution in [0.5, 0.6) is 0 Å². The third-order valence-corrected chi connectivity index (χ3v) is 3.66. The van der Waals surface area contributed by atoms with Crippen LogP contribution in [-0.4, -0.2) is 15.7 Å². The van der Waals surface area contributed by atoms with Crippen LogP contribution >= 0.6 is 46.4 Å². The summed E-state index contributed by atoms with van der Waals surface area (Å²) in [5, 5.41) is 5.91. The van der Waals surface area contributed by atoms with Crippen LogP contribution in [-0.2, 0) is 0 Å². The fourth-order valence-electron chi connectivity index (χ4n) is 1.84. The number of alkyl halides is 1. The van der Waals surface area contributed by atoms with Crippen LogP contribution < -0.4 is 0 Å². The normalized spacial score (nSPS) is 22.7. The minimum Gasteiger partial charge on any atom is -0.0842 e. The Labute approximate surface area is 120 Å². The first-order valence-electron chi connectivity index (χ1n) is 5.11. The highest BCUT2D eigenvalue weighted by atomic mass is 35.5. The second-order valence-electron chi connectivity index (χ2n) is 4.61. The van der Waals surface area contributed by atoms with Crippen molar-refractivity contribution >= 4 is 52.1 Å². The van der Waals surface area contributed by atoms with Crippen LogP contribution in [0.1, 0.15) is 20.3 Å². The molecule has 0 saturated carbocycles. The molecule has 0 spiro atoms. The summed E-state index contributed by atoms with van der Waals surface area (Å²) in [6.45, 7) is 4.03. The molecule has 0 fully saturated rings. The van der Waals surface area contributed by atoms with Crippen molar-refractivity contribution in [2.75, 3.05) is 0 Å². The summed E-state index contributed by atoms with van der Waals surface area (Å²) in [5.74, 6) is 0. The molecule has 0 aliphatic carbocycles. The molecule has 1 heterocycles. The molecule has 1 aromatic rings. The molecule has 0 N–H and O–H groups in total. The maximum atomic E-state index is 6.26. The van der Waals surface area contributed by atoms with E-state index in [4.69, 9.17) is 46.4 Å². The molecule has 17 heavy (non-hydrogen) atoms. The van der Waals surface area contributed by atoms with Crippen molar-refractivity contribution in [3.63, 3.8) is 0 Å². The standard InChI is InChI=1S/C11H11Cl4N2/c1-11(2)5-9(15)17(16-11)10-7(13)3-6(12)4-8(10)14/h3-4,9H,5H2,1-2H3/q+1/t9-/m1/s1. The Kier molecular flexibility index (Phi) is 3.61. The number of azo groups is 2. The number of benzene rings is 1. The Balaban J connectivity index is 2.56. The molecular weight excluding hydrogens is 302 g/mol. The summed E-state index contributed by atoms with van der Waals surface area (Å²) in [4.78, 5) is 0. The maximum Gasteiger partial charge on any atom is 0.270 e. The predicted octanol–water partition coefficient (Wildman–Crippen LogP) is 5.49. The van der Waals surface area contributed by atoms with E-state index >= 15 is 0 Å². The maximum absolute atomic E-state index is 6.26. The Hall–Kier alpha value is -0.0200. The van der Waals surface area contributed by atoms with E-state index in [0.29, 0.717) is 20.8 Å². The number of hydrogen-bond donors (Lipinski definition) is 0. The van der Waals surface area contributed by atoms with Crippen molar-refractivity contribution in [1.29, 1.82) is 0 Å². The molecule has 0 aromatic heterocycles. The van der Waals surface area contributed by atoms with Crippen molar-refractivity contribution in [2.45, 2.75) is 31.3 Å². The summed E-state index contributed by atoms with van der Waals surface area (Å²) in [6.07, 6.45) is 0.740. The van der Waals surface area contributed by atoms with E-state index < -0.39 is 0 Å². The van der Waals surface area contributed by atoms with E-state index in [1.807, 2.05) is 13.8 Å². The summed E-state index contributed by atoms with van der Waals surface area (Å²) in [7, 11) is 0. The monoisotopic (exact) mass is 311 g/mol. The quantitative estimate of drug-likeness (QED) is 0.370. The first kappa shape index (κ1) is 13.4. The SMILES string of the molecule is CC1(C)C[C@H](Cl)[N+](c2c(Cl)cc(Cl)cc2Cl)=N1. The molecule has 1 aliphatic heterocycles. The summed E-state index contributed by atoms with van der Waals surface area (Å²) in [6, 6.07) is 3.27. The average molecular weight is 313 g/mol. The number of nitrogens with zero attached hydrogens (tertiary/aromatic N) is 2. The molecule has 1 atom stereocenters. The topological polar surface area (TPSA) is 15.4 Å². The van der Waals surface area contributed by atoms with E-state index in [1.54, 1.807) is 16.8 Å². The van der Waals surface area contributed by atoms with E-state index in [1.165, 1.54) is 0 Å². The number of hydrogen-bond acceptors (Lipinski definition) is 1. The zero-order chi connectivity index (χ0) is 12.8. The van der Waals surface area contributed by atoms with Gasteiger partial charge in [0.15, 0.2) is 0 Å². The number of rotatable bonds is 1. The Morgan fingerprint density at radius 2 is 1.76 bits per heavy atom. The van der Waals surface area contributed by atoms with Gasteiger partial charge in [0.05, 0.1) is 6.42 Å². The lowest BCUT2D eigenvalue weighted by Gasteiger charge is -2.03. The molecule has 0 unspecified atom stereocenters. The lowest BCUT2D eigenvalue weighted by Crippen LogP contribution is -2.14. The van der Waals surface area contributed by atoms with Crippen LogP contribution in [0.15, 0.2) is 17.2 Å². The van der Waals surface area contributed by atoms with Gasteiger partial charge in [0.2, 0.25) is 0 Å². The summed E-state index contributed by atoms with van der Waals surface area (Å²) in [5.41, 5.74) is 0.156. The van der Waals surface area contributed by atoms with Gasteiger partial charge < -0.3 is 0 Å². The Morgan fingerprint density at radius 3 is 2.18 bits per heavy atom. The van der Waals surface area contributed by atoms with Crippen LogP contribution in [0.2, 0.25) is 15.1 Å². The highest BCUT2D eigenvalue weighted by molar-refractivity contribution is 6.41. The average Bonchev–Trinajstić information content (AvgIpc) is 2.38. The largest absolute Gasteiger partial charge is 0.270 e. The molecular formula is C11H11Cl4N2+. The third kappa shape index (κ3) is 2.70. The first-order chi connectivity index (χ1) is 7.80. The van der Waals surface area contributed by atoms with Gasteiger partial charge in [-0.25, -0.2) is 0 Å².